The second kappa shape index (κ2) is 8.02. The lowest BCUT2D eigenvalue weighted by molar-refractivity contribution is -0.127. The predicted molar refractivity (Wildman–Crippen MR) is 82.7 cm³/mol. The zero-order chi connectivity index (χ0) is 16.7. The number of hydrogen-bond donors (Lipinski definition) is 3. The number of nitrogens with one attached hydrogen (secondary N) is 3. The van der Waals surface area contributed by atoms with Crippen LogP contribution in [-0.4, -0.2) is 37.1 Å². The largest absolute Gasteiger partial charge is 0.449 e. The van der Waals surface area contributed by atoms with Crippen molar-refractivity contribution < 1.29 is 19.1 Å². The van der Waals surface area contributed by atoms with Gasteiger partial charge >= 0.3 is 12.0 Å². The third-order valence-electron chi connectivity index (χ3n) is 2.73. The Labute approximate surface area is 129 Å². The summed E-state index contributed by atoms with van der Waals surface area (Å²) in [5.74, 6) is -1.33. The highest BCUT2D eigenvalue weighted by atomic mass is 16.5. The summed E-state index contributed by atoms with van der Waals surface area (Å²) in [6, 6.07) is 6.04. The van der Waals surface area contributed by atoms with Crippen LogP contribution in [0.4, 0.5) is 10.5 Å². The summed E-state index contributed by atoms with van der Waals surface area (Å²) >= 11 is 0. The maximum Gasteiger partial charge on any atom is 0.341 e. The van der Waals surface area contributed by atoms with E-state index in [0.717, 1.165) is 0 Å². The summed E-state index contributed by atoms with van der Waals surface area (Å²) in [5.41, 5.74) is 0.911. The van der Waals surface area contributed by atoms with Crippen LogP contribution in [0, 0.1) is 0 Å². The SMILES string of the molecule is CNc1ccccc1C(=O)OC(C)C(=O)NC(=O)NC(C)C. The van der Waals surface area contributed by atoms with E-state index in [1.165, 1.54) is 6.92 Å². The highest BCUT2D eigenvalue weighted by molar-refractivity contribution is 6.00. The van der Waals surface area contributed by atoms with E-state index in [1.54, 1.807) is 45.2 Å². The van der Waals surface area contributed by atoms with Gasteiger partial charge in [-0.05, 0) is 32.9 Å². The van der Waals surface area contributed by atoms with Gasteiger partial charge in [0.05, 0.1) is 5.56 Å². The average molecular weight is 307 g/mol. The number of anilines is 1. The van der Waals surface area contributed by atoms with E-state index in [2.05, 4.69) is 16.0 Å². The number of carbonyl (C=O) groups excluding carboxylic acids is 3. The van der Waals surface area contributed by atoms with Gasteiger partial charge < -0.3 is 15.4 Å². The van der Waals surface area contributed by atoms with E-state index in [0.29, 0.717) is 11.3 Å². The first-order chi connectivity index (χ1) is 10.3. The van der Waals surface area contributed by atoms with Gasteiger partial charge in [-0.2, -0.15) is 0 Å². The van der Waals surface area contributed by atoms with Crippen LogP contribution in [0.5, 0.6) is 0 Å². The molecule has 22 heavy (non-hydrogen) atoms. The number of carbonyl (C=O) groups is 3. The molecule has 7 nitrogen and oxygen atoms in total. The minimum atomic E-state index is -1.09. The first-order valence-corrected chi connectivity index (χ1v) is 6.94. The maximum atomic E-state index is 12.1. The first kappa shape index (κ1) is 17.5. The molecule has 0 radical (unpaired) electrons. The molecule has 0 aliphatic carbocycles. The minimum absolute atomic E-state index is 0.104. The van der Waals surface area contributed by atoms with E-state index >= 15 is 0 Å². The lowest BCUT2D eigenvalue weighted by atomic mass is 10.2. The van der Waals surface area contributed by atoms with Gasteiger partial charge in [0.1, 0.15) is 0 Å². The molecule has 1 atom stereocenters. The van der Waals surface area contributed by atoms with Crippen molar-refractivity contribution in [1.29, 1.82) is 0 Å². The topological polar surface area (TPSA) is 96.5 Å². The number of rotatable bonds is 5. The van der Waals surface area contributed by atoms with Gasteiger partial charge in [-0.3, -0.25) is 10.1 Å². The Morgan fingerprint density at radius 1 is 1.09 bits per heavy atom. The number of imide groups is 1. The Morgan fingerprint density at radius 3 is 2.32 bits per heavy atom. The van der Waals surface area contributed by atoms with Gasteiger partial charge in [0.15, 0.2) is 6.10 Å². The van der Waals surface area contributed by atoms with Crippen LogP contribution in [0.25, 0.3) is 0 Å². The molecule has 1 aromatic carbocycles. The Bertz CT molecular complexity index is 557. The van der Waals surface area contributed by atoms with E-state index in [9.17, 15) is 14.4 Å². The molecule has 0 saturated carbocycles. The molecule has 0 fully saturated rings. The third-order valence-corrected chi connectivity index (χ3v) is 2.73. The molecule has 3 N–H and O–H groups in total. The molecule has 0 aliphatic rings. The predicted octanol–water partition coefficient (Wildman–Crippen LogP) is 1.51. The molecule has 7 heteroatoms. The molecular weight excluding hydrogens is 286 g/mol. The van der Waals surface area contributed by atoms with Crippen molar-refractivity contribution in [3.63, 3.8) is 0 Å². The fourth-order valence-electron chi connectivity index (χ4n) is 1.67. The third kappa shape index (κ3) is 5.08. The lowest BCUT2D eigenvalue weighted by Crippen LogP contribution is -2.46. The van der Waals surface area contributed by atoms with Gasteiger partial charge in [0, 0.05) is 18.8 Å². The van der Waals surface area contributed by atoms with Crippen LogP contribution in [0.1, 0.15) is 31.1 Å². The number of urea groups is 1. The zero-order valence-electron chi connectivity index (χ0n) is 13.1. The second-order valence-corrected chi connectivity index (χ2v) is 4.96. The Hall–Kier alpha value is -2.57. The molecule has 0 spiro atoms. The molecular formula is C15H21N3O4. The lowest BCUT2D eigenvalue weighted by Gasteiger charge is -2.15. The van der Waals surface area contributed by atoms with Crippen LogP contribution >= 0.6 is 0 Å². The van der Waals surface area contributed by atoms with Crippen molar-refractivity contribution in [2.45, 2.75) is 32.9 Å². The standard InChI is InChI=1S/C15H21N3O4/c1-9(2)17-15(21)18-13(19)10(3)22-14(20)11-7-5-6-8-12(11)16-4/h5-10,16H,1-4H3,(H2,17,18,19,21). The van der Waals surface area contributed by atoms with Crippen LogP contribution in [-0.2, 0) is 9.53 Å². The number of ether oxygens (including phenoxy) is 1. The van der Waals surface area contributed by atoms with Crippen molar-refractivity contribution in [2.75, 3.05) is 12.4 Å². The molecule has 1 rings (SSSR count). The molecule has 1 aromatic rings. The van der Waals surface area contributed by atoms with Crippen molar-refractivity contribution in [2.24, 2.45) is 0 Å². The van der Waals surface area contributed by atoms with Crippen LogP contribution in [0.3, 0.4) is 0 Å². The summed E-state index contributed by atoms with van der Waals surface area (Å²) < 4.78 is 5.08. The van der Waals surface area contributed by atoms with Crippen LogP contribution in [0.15, 0.2) is 24.3 Å². The minimum Gasteiger partial charge on any atom is -0.449 e. The van der Waals surface area contributed by atoms with Crippen molar-refractivity contribution >= 4 is 23.6 Å². The summed E-state index contributed by atoms with van der Waals surface area (Å²) in [6.07, 6.45) is -1.09. The van der Waals surface area contributed by atoms with Crippen molar-refractivity contribution in [3.8, 4) is 0 Å². The number of para-hydroxylation sites is 1. The van der Waals surface area contributed by atoms with E-state index in [4.69, 9.17) is 4.74 Å². The Morgan fingerprint density at radius 2 is 1.73 bits per heavy atom. The summed E-state index contributed by atoms with van der Waals surface area (Å²) in [5, 5.41) is 7.49. The first-order valence-electron chi connectivity index (χ1n) is 6.94. The molecule has 0 aromatic heterocycles. The van der Waals surface area contributed by atoms with Gasteiger partial charge in [0.25, 0.3) is 5.91 Å². The highest BCUT2D eigenvalue weighted by Crippen LogP contribution is 2.16. The Balaban J connectivity index is 2.64. The fraction of sp³-hybridized carbons (Fsp3) is 0.400. The zero-order valence-corrected chi connectivity index (χ0v) is 13.1. The van der Waals surface area contributed by atoms with Gasteiger partial charge in [-0.15, -0.1) is 0 Å². The van der Waals surface area contributed by atoms with Gasteiger partial charge in [-0.1, -0.05) is 12.1 Å². The molecule has 3 amide bonds. The van der Waals surface area contributed by atoms with E-state index in [-0.39, 0.29) is 6.04 Å². The number of esters is 1. The summed E-state index contributed by atoms with van der Waals surface area (Å²) in [4.78, 5) is 35.3. The molecule has 0 heterocycles. The summed E-state index contributed by atoms with van der Waals surface area (Å²) in [6.45, 7) is 4.93. The van der Waals surface area contributed by atoms with E-state index < -0.39 is 24.0 Å². The molecule has 0 aliphatic heterocycles. The molecule has 1 unspecified atom stereocenters. The van der Waals surface area contributed by atoms with Crippen molar-refractivity contribution in [1.82, 2.24) is 10.6 Å². The van der Waals surface area contributed by atoms with Crippen molar-refractivity contribution in [3.05, 3.63) is 29.8 Å². The van der Waals surface area contributed by atoms with Gasteiger partial charge in [0.2, 0.25) is 0 Å². The highest BCUT2D eigenvalue weighted by Gasteiger charge is 2.22. The summed E-state index contributed by atoms with van der Waals surface area (Å²) in [7, 11) is 1.68. The smallest absolute Gasteiger partial charge is 0.341 e. The quantitative estimate of drug-likeness (QED) is 0.716. The number of benzene rings is 1. The molecule has 120 valence electrons. The van der Waals surface area contributed by atoms with E-state index in [1.807, 2.05) is 0 Å². The van der Waals surface area contributed by atoms with Crippen LogP contribution < -0.4 is 16.0 Å². The van der Waals surface area contributed by atoms with Crippen LogP contribution in [0.2, 0.25) is 0 Å². The number of amides is 3. The van der Waals surface area contributed by atoms with Gasteiger partial charge in [-0.25, -0.2) is 9.59 Å². The monoisotopic (exact) mass is 307 g/mol. The normalized spacial score (nSPS) is 11.5. The second-order valence-electron chi connectivity index (χ2n) is 4.96. The maximum absolute atomic E-state index is 12.1. The molecule has 0 saturated heterocycles. The number of hydrogen-bond acceptors (Lipinski definition) is 5. The fourth-order valence-corrected chi connectivity index (χ4v) is 1.67. The Kier molecular flexibility index (Phi) is 6.37. The average Bonchev–Trinajstić information content (AvgIpc) is 2.45. The molecule has 0 bridgehead atoms.